The van der Waals surface area contributed by atoms with Crippen LogP contribution >= 0.6 is 0 Å². The summed E-state index contributed by atoms with van der Waals surface area (Å²) in [5.74, 6) is 0.521. The van der Waals surface area contributed by atoms with E-state index in [0.29, 0.717) is 18.9 Å². The first kappa shape index (κ1) is 13.2. The van der Waals surface area contributed by atoms with Gasteiger partial charge in [-0.1, -0.05) is 6.07 Å². The third kappa shape index (κ3) is 2.60. The van der Waals surface area contributed by atoms with Gasteiger partial charge in [0.25, 0.3) is 0 Å². The van der Waals surface area contributed by atoms with Crippen molar-refractivity contribution in [3.8, 4) is 6.19 Å². The van der Waals surface area contributed by atoms with E-state index in [-0.39, 0.29) is 12.1 Å². The van der Waals surface area contributed by atoms with Crippen molar-refractivity contribution < 1.29 is 4.79 Å². The molecule has 0 aliphatic carbocycles. The zero-order chi connectivity index (χ0) is 14.8. The zero-order valence-electron chi connectivity index (χ0n) is 11.7. The van der Waals surface area contributed by atoms with Crippen LogP contribution in [0.3, 0.4) is 0 Å². The molecule has 1 aliphatic heterocycles. The number of imidazole rings is 1. The molecular formula is C14H16N6O. The molecule has 1 aliphatic rings. The standard InChI is InChI=1S/C14H16N6O/c1-18(11-5-7-19(8-11)10-15)14(21)17-12-9-20-6-3-2-4-13(20)16-12/h2-4,6,9,11H,5,7-8H2,1H3,(H,17,21)/t11-/m1/s1. The van der Waals surface area contributed by atoms with Crippen molar-refractivity contribution >= 4 is 17.5 Å². The number of carbonyl (C=O) groups excluding carboxylic acids is 1. The third-order valence-corrected chi connectivity index (χ3v) is 3.77. The fourth-order valence-corrected chi connectivity index (χ4v) is 2.51. The molecule has 1 fully saturated rings. The van der Waals surface area contributed by atoms with E-state index < -0.39 is 0 Å². The van der Waals surface area contributed by atoms with Crippen LogP contribution in [0.5, 0.6) is 0 Å². The second kappa shape index (κ2) is 5.32. The van der Waals surface area contributed by atoms with Crippen LogP contribution in [0, 0.1) is 11.5 Å². The lowest BCUT2D eigenvalue weighted by Crippen LogP contribution is -2.41. The van der Waals surface area contributed by atoms with Gasteiger partial charge in [0.1, 0.15) is 5.65 Å². The molecule has 3 rings (SSSR count). The molecule has 2 amide bonds. The number of nitrogens with zero attached hydrogens (tertiary/aromatic N) is 5. The number of likely N-dealkylation sites (tertiary alicyclic amines) is 1. The zero-order valence-corrected chi connectivity index (χ0v) is 11.7. The summed E-state index contributed by atoms with van der Waals surface area (Å²) in [5.41, 5.74) is 0.784. The number of hydrogen-bond donors (Lipinski definition) is 1. The predicted octanol–water partition coefficient (Wildman–Crippen LogP) is 1.35. The molecule has 21 heavy (non-hydrogen) atoms. The van der Waals surface area contributed by atoms with E-state index in [1.165, 1.54) is 0 Å². The molecular weight excluding hydrogens is 268 g/mol. The minimum atomic E-state index is -0.205. The topological polar surface area (TPSA) is 76.7 Å². The van der Waals surface area contributed by atoms with E-state index in [2.05, 4.69) is 16.5 Å². The van der Waals surface area contributed by atoms with Gasteiger partial charge in [0.2, 0.25) is 0 Å². The molecule has 0 saturated carbocycles. The molecule has 1 atom stereocenters. The van der Waals surface area contributed by atoms with Crippen molar-refractivity contribution in [3.05, 3.63) is 30.6 Å². The second-order valence-electron chi connectivity index (χ2n) is 5.12. The lowest BCUT2D eigenvalue weighted by molar-refractivity contribution is 0.205. The fraction of sp³-hybridized carbons (Fsp3) is 0.357. The van der Waals surface area contributed by atoms with Crippen LogP contribution in [0.1, 0.15) is 6.42 Å². The molecule has 2 aromatic heterocycles. The summed E-state index contributed by atoms with van der Waals surface area (Å²) in [6.45, 7) is 1.29. The minimum Gasteiger partial charge on any atom is -0.323 e. The number of pyridine rings is 1. The summed E-state index contributed by atoms with van der Waals surface area (Å²) in [5, 5.41) is 11.7. The maximum Gasteiger partial charge on any atom is 0.323 e. The first-order valence-electron chi connectivity index (χ1n) is 6.79. The Morgan fingerprint density at radius 2 is 2.43 bits per heavy atom. The van der Waals surface area contributed by atoms with Gasteiger partial charge in [0.05, 0.1) is 12.2 Å². The largest absolute Gasteiger partial charge is 0.323 e. The van der Waals surface area contributed by atoms with Crippen molar-refractivity contribution in [2.45, 2.75) is 12.5 Å². The first-order valence-corrected chi connectivity index (χ1v) is 6.79. The summed E-state index contributed by atoms with van der Waals surface area (Å²) >= 11 is 0. The Morgan fingerprint density at radius 1 is 1.57 bits per heavy atom. The molecule has 108 valence electrons. The van der Waals surface area contributed by atoms with Crippen LogP contribution in [-0.4, -0.2) is 51.4 Å². The van der Waals surface area contributed by atoms with E-state index in [0.717, 1.165) is 12.1 Å². The normalized spacial score (nSPS) is 17.7. The summed E-state index contributed by atoms with van der Waals surface area (Å²) in [7, 11) is 1.75. The number of aromatic nitrogens is 2. The van der Waals surface area contributed by atoms with Crippen molar-refractivity contribution in [2.75, 3.05) is 25.5 Å². The maximum absolute atomic E-state index is 12.2. The van der Waals surface area contributed by atoms with Crippen LogP contribution in [0.25, 0.3) is 5.65 Å². The number of rotatable bonds is 2. The van der Waals surface area contributed by atoms with Crippen molar-refractivity contribution in [1.82, 2.24) is 19.2 Å². The number of nitriles is 1. The van der Waals surface area contributed by atoms with Crippen LogP contribution in [0.2, 0.25) is 0 Å². The first-order chi connectivity index (χ1) is 10.2. The highest BCUT2D eigenvalue weighted by atomic mass is 16.2. The number of amides is 2. The Kier molecular flexibility index (Phi) is 3.36. The minimum absolute atomic E-state index is 0.0571. The van der Waals surface area contributed by atoms with Gasteiger partial charge in [-0.15, -0.1) is 0 Å². The van der Waals surface area contributed by atoms with E-state index in [1.54, 1.807) is 23.0 Å². The van der Waals surface area contributed by atoms with E-state index in [4.69, 9.17) is 5.26 Å². The number of urea groups is 1. The van der Waals surface area contributed by atoms with Crippen LogP contribution in [0.15, 0.2) is 30.6 Å². The monoisotopic (exact) mass is 284 g/mol. The van der Waals surface area contributed by atoms with Crippen molar-refractivity contribution in [2.24, 2.45) is 0 Å². The van der Waals surface area contributed by atoms with Crippen molar-refractivity contribution in [3.63, 3.8) is 0 Å². The highest BCUT2D eigenvalue weighted by Gasteiger charge is 2.28. The highest BCUT2D eigenvalue weighted by molar-refractivity contribution is 5.88. The number of nitrogens with one attached hydrogen (secondary N) is 1. The average Bonchev–Trinajstić information content (AvgIpc) is 3.12. The Balaban J connectivity index is 1.67. The Hall–Kier alpha value is -2.75. The predicted molar refractivity (Wildman–Crippen MR) is 77.6 cm³/mol. The molecule has 3 heterocycles. The number of carbonyl (C=O) groups is 1. The molecule has 7 nitrogen and oxygen atoms in total. The van der Waals surface area contributed by atoms with Gasteiger partial charge < -0.3 is 14.2 Å². The van der Waals surface area contributed by atoms with Gasteiger partial charge in [-0.05, 0) is 18.6 Å². The summed E-state index contributed by atoms with van der Waals surface area (Å²) in [4.78, 5) is 19.9. The third-order valence-electron chi connectivity index (χ3n) is 3.77. The number of fused-ring (bicyclic) bond motifs is 1. The average molecular weight is 284 g/mol. The molecule has 1 N–H and O–H groups in total. The van der Waals surface area contributed by atoms with Crippen LogP contribution in [-0.2, 0) is 0 Å². The summed E-state index contributed by atoms with van der Waals surface area (Å²) in [6.07, 6.45) is 6.58. The Morgan fingerprint density at radius 3 is 3.14 bits per heavy atom. The number of anilines is 1. The Labute approximate surface area is 122 Å². The van der Waals surface area contributed by atoms with Crippen LogP contribution in [0.4, 0.5) is 10.6 Å². The SMILES string of the molecule is CN(C(=O)Nc1cn2ccccc2n1)[C@@H]1CCN(C#N)C1. The second-order valence-corrected chi connectivity index (χ2v) is 5.12. The van der Waals surface area contributed by atoms with Gasteiger partial charge in [0, 0.05) is 26.3 Å². The molecule has 1 saturated heterocycles. The molecule has 7 heteroatoms. The lowest BCUT2D eigenvalue weighted by Gasteiger charge is -2.23. The van der Waals surface area contributed by atoms with Crippen LogP contribution < -0.4 is 5.32 Å². The van der Waals surface area contributed by atoms with E-state index in [1.807, 2.05) is 28.8 Å². The molecule has 0 bridgehead atoms. The molecule has 0 unspecified atom stereocenters. The summed E-state index contributed by atoms with van der Waals surface area (Å²) < 4.78 is 1.85. The van der Waals surface area contributed by atoms with E-state index >= 15 is 0 Å². The van der Waals surface area contributed by atoms with E-state index in [9.17, 15) is 4.79 Å². The lowest BCUT2D eigenvalue weighted by atomic mass is 10.2. The van der Waals surface area contributed by atoms with Crippen molar-refractivity contribution in [1.29, 1.82) is 5.26 Å². The molecule has 0 spiro atoms. The number of hydrogen-bond acceptors (Lipinski definition) is 4. The quantitative estimate of drug-likeness (QED) is 0.845. The van der Waals surface area contributed by atoms with Gasteiger partial charge in [-0.3, -0.25) is 5.32 Å². The maximum atomic E-state index is 12.2. The summed E-state index contributed by atoms with van der Waals surface area (Å²) in [6, 6.07) is 5.53. The smallest absolute Gasteiger partial charge is 0.323 e. The number of likely N-dealkylation sites (N-methyl/N-ethyl adjacent to an activating group) is 1. The Bertz CT molecular complexity index is 670. The van der Waals surface area contributed by atoms with Gasteiger partial charge in [-0.25, -0.2) is 9.78 Å². The fourth-order valence-electron chi connectivity index (χ4n) is 2.51. The van der Waals surface area contributed by atoms with Gasteiger partial charge >= 0.3 is 6.03 Å². The van der Waals surface area contributed by atoms with Gasteiger partial charge in [-0.2, -0.15) is 5.26 Å². The molecule has 0 aromatic carbocycles. The molecule has 0 radical (unpaired) electrons. The van der Waals surface area contributed by atoms with Gasteiger partial charge in [0.15, 0.2) is 12.0 Å². The molecule has 2 aromatic rings. The highest BCUT2D eigenvalue weighted by Crippen LogP contribution is 2.15.